The van der Waals surface area contributed by atoms with Gasteiger partial charge in [0.2, 0.25) is 0 Å². The fourth-order valence-corrected chi connectivity index (χ4v) is 2.13. The van der Waals surface area contributed by atoms with Crippen LogP contribution in [0.5, 0.6) is 0 Å². The summed E-state index contributed by atoms with van der Waals surface area (Å²) in [6, 6.07) is 3.97. The van der Waals surface area contributed by atoms with Crippen molar-refractivity contribution in [2.75, 3.05) is 5.73 Å². The number of hydrogen-bond donors (Lipinski definition) is 1. The molecule has 3 heteroatoms. The largest absolute Gasteiger partial charge is 0.397 e. The van der Waals surface area contributed by atoms with Crippen LogP contribution in [0.3, 0.4) is 0 Å². The zero-order chi connectivity index (χ0) is 9.72. The number of nitrogen functional groups attached to an aromatic ring is 1. The molecule has 0 saturated carbocycles. The van der Waals surface area contributed by atoms with Crippen LogP contribution in [0.2, 0.25) is 0 Å². The second kappa shape index (κ2) is 5.60. The van der Waals surface area contributed by atoms with E-state index in [-0.39, 0.29) is 0 Å². The molecule has 0 unspecified atom stereocenters. The average molecular weight is 295 g/mol. The molecule has 1 aromatic rings. The summed E-state index contributed by atoms with van der Waals surface area (Å²) in [6.07, 6.45) is 0. The minimum Gasteiger partial charge on any atom is -0.397 e. The van der Waals surface area contributed by atoms with Gasteiger partial charge in [-0.2, -0.15) is 0 Å². The predicted molar refractivity (Wildman–Crippen MR) is 62.3 cm³/mol. The molecule has 1 nitrogen and oxygen atoms in total. The topological polar surface area (TPSA) is 26.0 Å². The Morgan fingerprint density at radius 3 is 1.75 bits per heavy atom. The van der Waals surface area contributed by atoms with E-state index >= 15 is 0 Å². The molecule has 0 aliphatic rings. The summed E-state index contributed by atoms with van der Waals surface area (Å²) >= 11 is 6.68. The first-order valence-electron chi connectivity index (χ1n) is 3.82. The van der Waals surface area contributed by atoms with Gasteiger partial charge in [-0.3, -0.25) is 0 Å². The molecule has 2 N–H and O–H groups in total. The van der Waals surface area contributed by atoms with Crippen LogP contribution in [-0.4, -0.2) is 0 Å². The standard InChI is InChI=1S/C7H7Br2N.C2H6/c1-4-2-5(8)7(10)6(9)3-4;1-2/h2-3H,10H2,1H3;1-2H3. The molecular weight excluding hydrogens is 282 g/mol. The highest BCUT2D eigenvalue weighted by atomic mass is 79.9. The molecule has 0 spiro atoms. The van der Waals surface area contributed by atoms with Crippen molar-refractivity contribution in [1.82, 2.24) is 0 Å². The van der Waals surface area contributed by atoms with Crippen LogP contribution in [0, 0.1) is 6.92 Å². The van der Waals surface area contributed by atoms with Gasteiger partial charge in [0, 0.05) is 8.95 Å². The highest BCUT2D eigenvalue weighted by molar-refractivity contribution is 9.11. The van der Waals surface area contributed by atoms with E-state index in [1.807, 2.05) is 32.9 Å². The molecule has 0 aliphatic carbocycles. The highest BCUT2D eigenvalue weighted by Gasteiger charge is 1.99. The molecule has 0 aliphatic heterocycles. The lowest BCUT2D eigenvalue weighted by Crippen LogP contribution is -1.88. The van der Waals surface area contributed by atoms with E-state index in [0.29, 0.717) is 0 Å². The predicted octanol–water partition coefficient (Wildman–Crippen LogP) is 4.13. The number of anilines is 1. The van der Waals surface area contributed by atoms with Crippen LogP contribution >= 0.6 is 31.9 Å². The van der Waals surface area contributed by atoms with Gasteiger partial charge in [-0.05, 0) is 56.5 Å². The summed E-state index contributed by atoms with van der Waals surface area (Å²) < 4.78 is 1.89. The number of benzene rings is 1. The number of hydrogen-bond acceptors (Lipinski definition) is 1. The van der Waals surface area contributed by atoms with Crippen LogP contribution in [-0.2, 0) is 0 Å². The van der Waals surface area contributed by atoms with Crippen LogP contribution < -0.4 is 5.73 Å². The zero-order valence-corrected chi connectivity index (χ0v) is 10.7. The van der Waals surface area contributed by atoms with Crippen molar-refractivity contribution in [1.29, 1.82) is 0 Å². The quantitative estimate of drug-likeness (QED) is 0.716. The molecule has 1 aromatic carbocycles. The molecule has 0 saturated heterocycles. The summed E-state index contributed by atoms with van der Waals surface area (Å²) in [7, 11) is 0. The van der Waals surface area contributed by atoms with Crippen molar-refractivity contribution in [3.63, 3.8) is 0 Å². The summed E-state index contributed by atoms with van der Waals surface area (Å²) in [5.74, 6) is 0. The second-order valence-electron chi connectivity index (χ2n) is 2.14. The molecular formula is C9H13Br2N. The zero-order valence-electron chi connectivity index (χ0n) is 7.49. The molecule has 0 atom stereocenters. The van der Waals surface area contributed by atoms with Crippen molar-refractivity contribution >= 4 is 37.5 Å². The Balaban J connectivity index is 0.000000561. The van der Waals surface area contributed by atoms with Crippen molar-refractivity contribution in [2.24, 2.45) is 0 Å². The third kappa shape index (κ3) is 3.15. The molecule has 0 heterocycles. The maximum Gasteiger partial charge on any atom is 0.0603 e. The van der Waals surface area contributed by atoms with Crippen LogP contribution in [0.4, 0.5) is 5.69 Å². The first-order valence-corrected chi connectivity index (χ1v) is 5.41. The van der Waals surface area contributed by atoms with E-state index in [1.54, 1.807) is 0 Å². The summed E-state index contributed by atoms with van der Waals surface area (Å²) in [5.41, 5.74) is 7.60. The Hall–Kier alpha value is -0.0200. The lowest BCUT2D eigenvalue weighted by atomic mass is 10.2. The Labute approximate surface area is 90.6 Å². The van der Waals surface area contributed by atoms with Gasteiger partial charge in [-0.25, -0.2) is 0 Å². The molecule has 0 radical (unpaired) electrons. The van der Waals surface area contributed by atoms with E-state index in [1.165, 1.54) is 5.56 Å². The van der Waals surface area contributed by atoms with Crippen molar-refractivity contribution in [2.45, 2.75) is 20.8 Å². The summed E-state index contributed by atoms with van der Waals surface area (Å²) in [5, 5.41) is 0. The Morgan fingerprint density at radius 2 is 1.42 bits per heavy atom. The maximum atomic E-state index is 5.66. The third-order valence-corrected chi connectivity index (χ3v) is 2.54. The Bertz CT molecular complexity index is 236. The van der Waals surface area contributed by atoms with Crippen molar-refractivity contribution in [3.05, 3.63) is 26.6 Å². The monoisotopic (exact) mass is 293 g/mol. The van der Waals surface area contributed by atoms with Gasteiger partial charge in [0.15, 0.2) is 0 Å². The summed E-state index contributed by atoms with van der Waals surface area (Å²) in [4.78, 5) is 0. The molecule has 68 valence electrons. The van der Waals surface area contributed by atoms with Gasteiger partial charge in [0.25, 0.3) is 0 Å². The average Bonchev–Trinajstić information content (AvgIpc) is 2.04. The van der Waals surface area contributed by atoms with Crippen LogP contribution in [0.25, 0.3) is 0 Å². The van der Waals surface area contributed by atoms with Gasteiger partial charge < -0.3 is 5.73 Å². The van der Waals surface area contributed by atoms with E-state index < -0.39 is 0 Å². The van der Waals surface area contributed by atoms with Crippen molar-refractivity contribution in [3.8, 4) is 0 Å². The van der Waals surface area contributed by atoms with Crippen molar-refractivity contribution < 1.29 is 0 Å². The van der Waals surface area contributed by atoms with E-state index in [2.05, 4.69) is 31.9 Å². The number of nitrogens with two attached hydrogens (primary N) is 1. The number of halogens is 2. The molecule has 0 fully saturated rings. The summed E-state index contributed by atoms with van der Waals surface area (Å²) in [6.45, 7) is 6.02. The van der Waals surface area contributed by atoms with Gasteiger partial charge in [0.05, 0.1) is 5.69 Å². The lowest BCUT2D eigenvalue weighted by molar-refractivity contribution is 1.43. The number of rotatable bonds is 0. The Morgan fingerprint density at radius 1 is 1.08 bits per heavy atom. The fourth-order valence-electron chi connectivity index (χ4n) is 0.711. The second-order valence-corrected chi connectivity index (χ2v) is 3.85. The first-order chi connectivity index (χ1) is 5.61. The smallest absolute Gasteiger partial charge is 0.0603 e. The van der Waals surface area contributed by atoms with Gasteiger partial charge in [0.1, 0.15) is 0 Å². The van der Waals surface area contributed by atoms with Gasteiger partial charge >= 0.3 is 0 Å². The third-order valence-electron chi connectivity index (χ3n) is 1.22. The minimum absolute atomic E-state index is 0.755. The molecule has 0 bridgehead atoms. The fraction of sp³-hybridized carbons (Fsp3) is 0.333. The molecule has 1 rings (SSSR count). The first kappa shape index (κ1) is 12.0. The van der Waals surface area contributed by atoms with Gasteiger partial charge in [-0.15, -0.1) is 0 Å². The molecule has 12 heavy (non-hydrogen) atoms. The normalized spacial score (nSPS) is 8.75. The van der Waals surface area contributed by atoms with Crippen LogP contribution in [0.1, 0.15) is 19.4 Å². The number of aryl methyl sites for hydroxylation is 1. The van der Waals surface area contributed by atoms with Crippen LogP contribution in [0.15, 0.2) is 21.1 Å². The van der Waals surface area contributed by atoms with E-state index in [9.17, 15) is 0 Å². The lowest BCUT2D eigenvalue weighted by Gasteiger charge is -2.01. The van der Waals surface area contributed by atoms with E-state index in [0.717, 1.165) is 14.6 Å². The molecule has 0 amide bonds. The SMILES string of the molecule is CC.Cc1cc(Br)c(N)c(Br)c1. The minimum atomic E-state index is 0.755. The van der Waals surface area contributed by atoms with Gasteiger partial charge in [-0.1, -0.05) is 13.8 Å². The maximum absolute atomic E-state index is 5.66. The van der Waals surface area contributed by atoms with E-state index in [4.69, 9.17) is 5.73 Å². The highest BCUT2D eigenvalue weighted by Crippen LogP contribution is 2.28. The molecule has 0 aromatic heterocycles. The Kier molecular flexibility index (Phi) is 5.59.